The number of aromatic nitrogens is 4. The first-order valence-corrected chi connectivity index (χ1v) is 10.8. The Morgan fingerprint density at radius 1 is 1.28 bits per heavy atom. The van der Waals surface area contributed by atoms with Crippen molar-refractivity contribution in [3.63, 3.8) is 0 Å². The van der Waals surface area contributed by atoms with E-state index >= 15 is 0 Å². The van der Waals surface area contributed by atoms with E-state index in [-0.39, 0.29) is 28.2 Å². The van der Waals surface area contributed by atoms with Crippen LogP contribution in [0.5, 0.6) is 0 Å². The van der Waals surface area contributed by atoms with Gasteiger partial charge in [-0.05, 0) is 6.07 Å². The Morgan fingerprint density at radius 2 is 2.03 bits per heavy atom. The number of nitrogens with one attached hydrogen (secondary N) is 1. The molecule has 170 valence electrons. The summed E-state index contributed by atoms with van der Waals surface area (Å²) in [6, 6.07) is 5.32. The second kappa shape index (κ2) is 8.43. The van der Waals surface area contributed by atoms with E-state index in [0.717, 1.165) is 0 Å². The molecule has 0 aliphatic carbocycles. The van der Waals surface area contributed by atoms with Crippen molar-refractivity contribution in [1.29, 1.82) is 0 Å². The number of carboxylic acids is 1. The molecule has 0 amide bonds. The summed E-state index contributed by atoms with van der Waals surface area (Å²) in [5, 5.41) is 34.0. The predicted octanol–water partition coefficient (Wildman–Crippen LogP) is -1.38. The fourth-order valence-corrected chi connectivity index (χ4v) is 4.18. The zero-order valence-electron chi connectivity index (χ0n) is 16.2. The Hall–Kier alpha value is -3.13. The number of carbonyl (C=O) groups is 1. The lowest BCUT2D eigenvalue weighted by Crippen LogP contribution is -2.33. The highest BCUT2D eigenvalue weighted by molar-refractivity contribution is 7.54. The molecule has 1 aliphatic heterocycles. The molecule has 1 unspecified atom stereocenters. The average Bonchev–Trinajstić information content (AvgIpc) is 3.29. The molecule has 1 saturated heterocycles. The number of nitrogens with zero attached hydrogens (tertiary/aromatic N) is 4. The number of aliphatic hydroxyl groups excluding tert-OH is 2. The van der Waals surface area contributed by atoms with E-state index in [1.54, 1.807) is 0 Å². The van der Waals surface area contributed by atoms with Crippen molar-refractivity contribution < 1.29 is 38.8 Å². The number of rotatable bonds is 7. The van der Waals surface area contributed by atoms with Crippen LogP contribution < -0.4 is 15.9 Å². The topological polar surface area (TPSA) is 218 Å². The van der Waals surface area contributed by atoms with Crippen LogP contribution in [0.3, 0.4) is 0 Å². The Labute approximate surface area is 179 Å². The van der Waals surface area contributed by atoms with E-state index in [2.05, 4.69) is 20.0 Å². The third-order valence-corrected chi connectivity index (χ3v) is 5.84. The molecule has 3 heterocycles. The number of carboxylic acid groups (broad SMARTS) is 1. The largest absolute Gasteiger partial charge is 0.545 e. The first-order valence-electron chi connectivity index (χ1n) is 9.18. The van der Waals surface area contributed by atoms with Crippen molar-refractivity contribution >= 4 is 36.4 Å². The van der Waals surface area contributed by atoms with Gasteiger partial charge in [-0.15, -0.1) is 0 Å². The van der Waals surface area contributed by atoms with E-state index in [9.17, 15) is 29.6 Å². The Morgan fingerprint density at radius 3 is 2.78 bits per heavy atom. The van der Waals surface area contributed by atoms with Crippen LogP contribution in [0.4, 0.5) is 11.5 Å². The van der Waals surface area contributed by atoms with Crippen LogP contribution in [0.2, 0.25) is 0 Å². The van der Waals surface area contributed by atoms with E-state index in [4.69, 9.17) is 15.0 Å². The summed E-state index contributed by atoms with van der Waals surface area (Å²) in [6.07, 6.45) is -2.76. The number of nitrogens with two attached hydrogens (primary N) is 1. The maximum atomic E-state index is 12.4. The molecular weight excluding hydrogens is 447 g/mol. The molecule has 2 aromatic heterocycles. The average molecular weight is 465 g/mol. The van der Waals surface area contributed by atoms with Gasteiger partial charge >= 0.3 is 7.75 Å². The summed E-state index contributed by atoms with van der Waals surface area (Å²) in [4.78, 5) is 33.1. The van der Waals surface area contributed by atoms with Crippen LogP contribution in [-0.2, 0) is 13.8 Å². The standard InChI is InChI=1S/C17H19N6O8P/c18-14-11-15(20-6-19-14)23(7-21-11)16-13(25)12(24)10(31-16)5-30-32(28,29)22-9-4-2-1-3-8(9)17(26)27/h1-4,6-7,10,12-13,16,24-25H,5H2,(H,26,27)(H2,18,19,20)(H2,22,28,29)/p-1/t10-,12-,13-,16-/m1/s1. The molecule has 15 heteroatoms. The van der Waals surface area contributed by atoms with Crippen molar-refractivity contribution in [3.8, 4) is 0 Å². The summed E-state index contributed by atoms with van der Waals surface area (Å²) < 4.78 is 24.3. The summed E-state index contributed by atoms with van der Waals surface area (Å²) in [6.45, 7) is -0.604. The number of para-hydroxylation sites is 1. The third kappa shape index (κ3) is 4.14. The number of carbonyl (C=O) groups excluding carboxylic acids is 1. The molecule has 0 bridgehead atoms. The lowest BCUT2D eigenvalue weighted by molar-refractivity contribution is -0.254. The zero-order chi connectivity index (χ0) is 23.0. The summed E-state index contributed by atoms with van der Waals surface area (Å²) in [5.41, 5.74) is 5.73. The van der Waals surface area contributed by atoms with Crippen LogP contribution in [0.1, 0.15) is 16.6 Å². The minimum absolute atomic E-state index is 0.116. The number of benzene rings is 1. The SMILES string of the molecule is Nc1ncnc2c1ncn2[C@@H]1O[C@H](COP(=O)(O)Nc2ccccc2C(=O)[O-])[C@@H](O)[C@H]1O. The van der Waals surface area contributed by atoms with Crippen LogP contribution in [-0.4, -0.2) is 65.5 Å². The van der Waals surface area contributed by atoms with Crippen molar-refractivity contribution in [3.05, 3.63) is 42.5 Å². The monoisotopic (exact) mass is 465 g/mol. The van der Waals surface area contributed by atoms with E-state index in [1.807, 2.05) is 0 Å². The van der Waals surface area contributed by atoms with E-state index < -0.39 is 44.9 Å². The first-order chi connectivity index (χ1) is 15.2. The quantitative estimate of drug-likeness (QED) is 0.254. The lowest BCUT2D eigenvalue weighted by atomic mass is 10.1. The lowest BCUT2D eigenvalue weighted by Gasteiger charge is -2.20. The van der Waals surface area contributed by atoms with Crippen molar-refractivity contribution in [2.24, 2.45) is 0 Å². The zero-order valence-corrected chi connectivity index (χ0v) is 17.1. The smallest absolute Gasteiger partial charge is 0.430 e. The molecule has 5 atom stereocenters. The predicted molar refractivity (Wildman–Crippen MR) is 106 cm³/mol. The van der Waals surface area contributed by atoms with Gasteiger partial charge < -0.3 is 35.5 Å². The molecule has 4 rings (SSSR count). The highest BCUT2D eigenvalue weighted by Crippen LogP contribution is 2.44. The van der Waals surface area contributed by atoms with Crippen LogP contribution >= 0.6 is 7.75 Å². The molecule has 6 N–H and O–H groups in total. The van der Waals surface area contributed by atoms with Crippen LogP contribution in [0.25, 0.3) is 11.2 Å². The van der Waals surface area contributed by atoms with Gasteiger partial charge in [0, 0.05) is 5.56 Å². The molecule has 14 nitrogen and oxygen atoms in total. The number of nitrogen functional groups attached to an aromatic ring is 1. The summed E-state index contributed by atoms with van der Waals surface area (Å²) in [7, 11) is -4.58. The second-order valence-electron chi connectivity index (χ2n) is 6.89. The van der Waals surface area contributed by atoms with Gasteiger partial charge in [-0.3, -0.25) is 14.2 Å². The number of aromatic carboxylic acids is 1. The minimum Gasteiger partial charge on any atom is -0.545 e. The molecular formula is C17H18N6O8P-. The highest BCUT2D eigenvalue weighted by Gasteiger charge is 2.45. The van der Waals surface area contributed by atoms with Gasteiger partial charge in [0.2, 0.25) is 0 Å². The van der Waals surface area contributed by atoms with Gasteiger partial charge in [-0.2, -0.15) is 0 Å². The highest BCUT2D eigenvalue weighted by atomic mass is 31.2. The van der Waals surface area contributed by atoms with Gasteiger partial charge in [-0.1, -0.05) is 18.2 Å². The first kappa shape index (κ1) is 22.1. The van der Waals surface area contributed by atoms with Crippen molar-refractivity contribution in [2.75, 3.05) is 17.4 Å². The molecule has 1 fully saturated rings. The Balaban J connectivity index is 1.46. The van der Waals surface area contributed by atoms with Crippen LogP contribution in [0.15, 0.2) is 36.9 Å². The molecule has 0 saturated carbocycles. The number of hydrogen-bond acceptors (Lipinski definition) is 11. The van der Waals surface area contributed by atoms with Gasteiger partial charge in [0.15, 0.2) is 17.7 Å². The fourth-order valence-electron chi connectivity index (χ4n) is 3.27. The van der Waals surface area contributed by atoms with E-state index in [0.29, 0.717) is 0 Å². The molecule has 0 radical (unpaired) electrons. The normalized spacial score (nSPS) is 25.0. The van der Waals surface area contributed by atoms with Crippen molar-refractivity contribution in [1.82, 2.24) is 19.5 Å². The molecule has 1 aromatic carbocycles. The van der Waals surface area contributed by atoms with E-state index in [1.165, 1.54) is 41.5 Å². The fraction of sp³-hybridized carbons (Fsp3) is 0.294. The maximum Gasteiger partial charge on any atom is 0.430 e. The number of anilines is 2. The molecule has 1 aliphatic rings. The maximum absolute atomic E-state index is 12.4. The third-order valence-electron chi connectivity index (χ3n) is 4.82. The summed E-state index contributed by atoms with van der Waals surface area (Å²) >= 11 is 0. The van der Waals surface area contributed by atoms with Gasteiger partial charge in [-0.25, -0.2) is 19.5 Å². The molecule has 3 aromatic rings. The number of imidazole rings is 1. The summed E-state index contributed by atoms with van der Waals surface area (Å²) in [5.74, 6) is -1.43. The van der Waals surface area contributed by atoms with Gasteiger partial charge in [0.25, 0.3) is 0 Å². The second-order valence-corrected chi connectivity index (χ2v) is 8.41. The molecule has 0 spiro atoms. The van der Waals surface area contributed by atoms with Crippen LogP contribution in [0, 0.1) is 0 Å². The van der Waals surface area contributed by atoms with Gasteiger partial charge in [0.1, 0.15) is 30.2 Å². The number of hydrogen-bond donors (Lipinski definition) is 5. The minimum atomic E-state index is -4.58. The Kier molecular flexibility index (Phi) is 5.81. The van der Waals surface area contributed by atoms with Crippen molar-refractivity contribution in [2.45, 2.75) is 24.5 Å². The number of fused-ring (bicyclic) bond motifs is 1. The van der Waals surface area contributed by atoms with Gasteiger partial charge in [0.05, 0.1) is 24.6 Å². The Bertz CT molecular complexity index is 1200. The number of ether oxygens (including phenoxy) is 1. The number of aliphatic hydroxyl groups is 2. The molecule has 32 heavy (non-hydrogen) atoms.